The van der Waals surface area contributed by atoms with Gasteiger partial charge in [-0.05, 0) is 56.0 Å². The molecule has 1 aliphatic heterocycles. The summed E-state index contributed by atoms with van der Waals surface area (Å²) in [6.45, 7) is 11.0. The molecule has 3 heteroatoms. The molecular formula is C17H27ClN2. The van der Waals surface area contributed by atoms with E-state index in [1.807, 2.05) is 0 Å². The monoisotopic (exact) mass is 294 g/mol. The molecule has 1 saturated heterocycles. The maximum atomic E-state index is 6.36. The quantitative estimate of drug-likeness (QED) is 0.857. The van der Waals surface area contributed by atoms with Crippen molar-refractivity contribution in [1.29, 1.82) is 0 Å². The number of nitrogens with one attached hydrogen (secondary N) is 1. The van der Waals surface area contributed by atoms with E-state index in [0.717, 1.165) is 30.6 Å². The lowest BCUT2D eigenvalue weighted by molar-refractivity contribution is 0.237. The standard InChI is InChI=1S/C17H27ClN2/c1-13(2)10-19-11-16-5-4-8-20(16)12-15-7-6-14(3)9-17(15)18/h6-7,9,13,16,19H,4-5,8,10-12H2,1-3H3. The Morgan fingerprint density at radius 3 is 2.90 bits per heavy atom. The molecule has 1 N–H and O–H groups in total. The molecular weight excluding hydrogens is 268 g/mol. The molecule has 1 atom stereocenters. The zero-order valence-electron chi connectivity index (χ0n) is 13.0. The van der Waals surface area contributed by atoms with Crippen molar-refractivity contribution in [3.8, 4) is 0 Å². The van der Waals surface area contributed by atoms with Gasteiger partial charge in [0.1, 0.15) is 0 Å². The summed E-state index contributed by atoms with van der Waals surface area (Å²) in [5, 5.41) is 4.50. The predicted octanol–water partition coefficient (Wildman–Crippen LogP) is 3.86. The molecule has 1 heterocycles. The summed E-state index contributed by atoms with van der Waals surface area (Å²) in [7, 11) is 0. The van der Waals surface area contributed by atoms with Crippen molar-refractivity contribution in [2.24, 2.45) is 5.92 Å². The lowest BCUT2D eigenvalue weighted by atomic mass is 10.1. The van der Waals surface area contributed by atoms with Crippen LogP contribution in [0.5, 0.6) is 0 Å². The summed E-state index contributed by atoms with van der Waals surface area (Å²) >= 11 is 6.36. The summed E-state index contributed by atoms with van der Waals surface area (Å²) in [4.78, 5) is 2.57. The SMILES string of the molecule is Cc1ccc(CN2CCCC2CNCC(C)C)c(Cl)c1. The third kappa shape index (κ3) is 4.47. The highest BCUT2D eigenvalue weighted by Gasteiger charge is 2.24. The normalized spacial score (nSPS) is 19.9. The fourth-order valence-electron chi connectivity index (χ4n) is 2.87. The topological polar surface area (TPSA) is 15.3 Å². The molecule has 20 heavy (non-hydrogen) atoms. The summed E-state index contributed by atoms with van der Waals surface area (Å²) in [5.41, 5.74) is 2.49. The first-order chi connectivity index (χ1) is 9.56. The second-order valence-corrected chi connectivity index (χ2v) is 6.82. The number of aryl methyl sites for hydroxylation is 1. The Balaban J connectivity index is 1.90. The molecule has 0 amide bonds. The van der Waals surface area contributed by atoms with E-state index in [0.29, 0.717) is 6.04 Å². The molecule has 0 bridgehead atoms. The van der Waals surface area contributed by atoms with Gasteiger partial charge in [0.15, 0.2) is 0 Å². The van der Waals surface area contributed by atoms with E-state index in [1.54, 1.807) is 0 Å². The van der Waals surface area contributed by atoms with Crippen LogP contribution in [0.3, 0.4) is 0 Å². The second-order valence-electron chi connectivity index (χ2n) is 6.41. The van der Waals surface area contributed by atoms with Crippen LogP contribution in [0.15, 0.2) is 18.2 Å². The molecule has 1 aromatic rings. The fourth-order valence-corrected chi connectivity index (χ4v) is 3.17. The van der Waals surface area contributed by atoms with Crippen LogP contribution >= 0.6 is 11.6 Å². The minimum Gasteiger partial charge on any atom is -0.315 e. The Bertz CT molecular complexity index is 431. The second kappa shape index (κ2) is 7.44. The summed E-state index contributed by atoms with van der Waals surface area (Å²) in [6.07, 6.45) is 2.60. The van der Waals surface area contributed by atoms with Crippen LogP contribution in [0.2, 0.25) is 5.02 Å². The number of halogens is 1. The highest BCUT2D eigenvalue weighted by molar-refractivity contribution is 6.31. The lowest BCUT2D eigenvalue weighted by Crippen LogP contribution is -2.38. The molecule has 0 aliphatic carbocycles. The first-order valence-corrected chi connectivity index (χ1v) is 8.14. The number of rotatable bonds is 6. The fraction of sp³-hybridized carbons (Fsp3) is 0.647. The van der Waals surface area contributed by atoms with Crippen LogP contribution in [-0.4, -0.2) is 30.6 Å². The van der Waals surface area contributed by atoms with Gasteiger partial charge in [0.2, 0.25) is 0 Å². The Kier molecular flexibility index (Phi) is 5.88. The molecule has 1 unspecified atom stereocenters. The van der Waals surface area contributed by atoms with Gasteiger partial charge < -0.3 is 5.32 Å². The van der Waals surface area contributed by atoms with Crippen molar-refractivity contribution in [3.63, 3.8) is 0 Å². The van der Waals surface area contributed by atoms with Crippen molar-refractivity contribution >= 4 is 11.6 Å². The third-order valence-corrected chi connectivity index (χ3v) is 4.37. The molecule has 2 nitrogen and oxygen atoms in total. The van der Waals surface area contributed by atoms with Gasteiger partial charge >= 0.3 is 0 Å². The van der Waals surface area contributed by atoms with Crippen molar-refractivity contribution in [3.05, 3.63) is 34.3 Å². The van der Waals surface area contributed by atoms with Gasteiger partial charge in [-0.2, -0.15) is 0 Å². The van der Waals surface area contributed by atoms with Crippen LogP contribution in [0.4, 0.5) is 0 Å². The van der Waals surface area contributed by atoms with Gasteiger partial charge in [0, 0.05) is 24.2 Å². The largest absolute Gasteiger partial charge is 0.315 e. The molecule has 0 spiro atoms. The highest BCUT2D eigenvalue weighted by Crippen LogP contribution is 2.24. The number of nitrogens with zero attached hydrogens (tertiary/aromatic N) is 1. The van der Waals surface area contributed by atoms with Crippen LogP contribution < -0.4 is 5.32 Å². The minimum absolute atomic E-state index is 0.658. The van der Waals surface area contributed by atoms with E-state index in [-0.39, 0.29) is 0 Å². The maximum absolute atomic E-state index is 6.36. The smallest absolute Gasteiger partial charge is 0.0453 e. The van der Waals surface area contributed by atoms with Crippen molar-refractivity contribution in [2.75, 3.05) is 19.6 Å². The number of hydrogen-bond donors (Lipinski definition) is 1. The zero-order chi connectivity index (χ0) is 14.5. The maximum Gasteiger partial charge on any atom is 0.0453 e. The van der Waals surface area contributed by atoms with Crippen molar-refractivity contribution < 1.29 is 0 Å². The molecule has 0 aromatic heterocycles. The minimum atomic E-state index is 0.658. The van der Waals surface area contributed by atoms with Crippen molar-refractivity contribution in [2.45, 2.75) is 46.2 Å². The van der Waals surface area contributed by atoms with E-state index >= 15 is 0 Å². The van der Waals surface area contributed by atoms with E-state index in [4.69, 9.17) is 11.6 Å². The van der Waals surface area contributed by atoms with Gasteiger partial charge in [-0.1, -0.05) is 37.6 Å². The van der Waals surface area contributed by atoms with Gasteiger partial charge in [0.05, 0.1) is 0 Å². The van der Waals surface area contributed by atoms with Crippen LogP contribution in [0.25, 0.3) is 0 Å². The van der Waals surface area contributed by atoms with Crippen molar-refractivity contribution in [1.82, 2.24) is 10.2 Å². The Morgan fingerprint density at radius 2 is 2.20 bits per heavy atom. The summed E-state index contributed by atoms with van der Waals surface area (Å²) in [6, 6.07) is 7.06. The summed E-state index contributed by atoms with van der Waals surface area (Å²) in [5.74, 6) is 0.719. The Labute approximate surface area is 128 Å². The van der Waals surface area contributed by atoms with Gasteiger partial charge in [-0.25, -0.2) is 0 Å². The van der Waals surface area contributed by atoms with Gasteiger partial charge in [-0.15, -0.1) is 0 Å². The zero-order valence-corrected chi connectivity index (χ0v) is 13.7. The Morgan fingerprint density at radius 1 is 1.40 bits per heavy atom. The molecule has 0 radical (unpaired) electrons. The Hall–Kier alpha value is -0.570. The van der Waals surface area contributed by atoms with Gasteiger partial charge in [-0.3, -0.25) is 4.90 Å². The predicted molar refractivity (Wildman–Crippen MR) is 87.3 cm³/mol. The molecule has 1 aliphatic rings. The molecule has 2 rings (SSSR count). The number of benzene rings is 1. The summed E-state index contributed by atoms with van der Waals surface area (Å²) < 4.78 is 0. The van der Waals surface area contributed by atoms with Gasteiger partial charge in [0.25, 0.3) is 0 Å². The average Bonchev–Trinajstić information content (AvgIpc) is 2.80. The number of hydrogen-bond acceptors (Lipinski definition) is 2. The molecule has 1 fully saturated rings. The van der Waals surface area contributed by atoms with Crippen LogP contribution in [-0.2, 0) is 6.54 Å². The lowest BCUT2D eigenvalue weighted by Gasteiger charge is -2.25. The molecule has 112 valence electrons. The first kappa shape index (κ1) is 15.8. The van der Waals surface area contributed by atoms with E-state index in [1.165, 1.54) is 30.5 Å². The van der Waals surface area contributed by atoms with E-state index < -0.39 is 0 Å². The van der Waals surface area contributed by atoms with E-state index in [2.05, 4.69) is 49.2 Å². The molecule has 0 saturated carbocycles. The first-order valence-electron chi connectivity index (χ1n) is 7.76. The van der Waals surface area contributed by atoms with Crippen LogP contribution in [0, 0.1) is 12.8 Å². The third-order valence-electron chi connectivity index (χ3n) is 4.01. The van der Waals surface area contributed by atoms with Crippen LogP contribution in [0.1, 0.15) is 37.8 Å². The van der Waals surface area contributed by atoms with E-state index in [9.17, 15) is 0 Å². The molecule has 1 aromatic carbocycles. The number of likely N-dealkylation sites (tertiary alicyclic amines) is 1. The average molecular weight is 295 g/mol. The highest BCUT2D eigenvalue weighted by atomic mass is 35.5.